The van der Waals surface area contributed by atoms with Crippen LogP contribution in [-0.4, -0.2) is 11.0 Å². The van der Waals surface area contributed by atoms with Crippen molar-refractivity contribution in [2.24, 2.45) is 5.73 Å². The Morgan fingerprint density at radius 3 is 2.81 bits per heavy atom. The van der Waals surface area contributed by atoms with E-state index in [2.05, 4.69) is 23.1 Å². The molecular formula is C10H13N3OS2. The summed E-state index contributed by atoms with van der Waals surface area (Å²) in [6.45, 7) is 0. The molecule has 1 heterocycles. The molecule has 0 bridgehead atoms. The molecule has 1 aliphatic carbocycles. The van der Waals surface area contributed by atoms with Crippen LogP contribution in [0.1, 0.15) is 33.0 Å². The van der Waals surface area contributed by atoms with Crippen molar-refractivity contribution in [1.29, 1.82) is 0 Å². The van der Waals surface area contributed by atoms with Gasteiger partial charge in [0.25, 0.3) is 5.91 Å². The molecule has 1 amide bonds. The van der Waals surface area contributed by atoms with Gasteiger partial charge in [0.1, 0.15) is 0 Å². The summed E-state index contributed by atoms with van der Waals surface area (Å²) in [7, 11) is 0. The molecule has 0 unspecified atom stereocenters. The lowest BCUT2D eigenvalue weighted by Gasteiger charge is -2.08. The topological polar surface area (TPSA) is 67.2 Å². The number of nitrogens with two attached hydrogens (primary N) is 1. The number of nitrogens with one attached hydrogen (secondary N) is 2. The third-order valence-electron chi connectivity index (χ3n) is 2.52. The zero-order chi connectivity index (χ0) is 11.5. The number of thiophene rings is 1. The van der Waals surface area contributed by atoms with E-state index < -0.39 is 0 Å². The number of hydrazine groups is 1. The van der Waals surface area contributed by atoms with Gasteiger partial charge in [-0.25, -0.2) is 0 Å². The summed E-state index contributed by atoms with van der Waals surface area (Å²) in [5, 5.41) is 0.0645. The van der Waals surface area contributed by atoms with Crippen LogP contribution in [0.5, 0.6) is 0 Å². The minimum atomic E-state index is -0.174. The highest BCUT2D eigenvalue weighted by Crippen LogP contribution is 2.29. The first-order chi connectivity index (χ1) is 7.66. The van der Waals surface area contributed by atoms with E-state index >= 15 is 0 Å². The average Bonchev–Trinajstić information content (AvgIpc) is 2.69. The van der Waals surface area contributed by atoms with Crippen molar-refractivity contribution < 1.29 is 4.79 Å². The fraction of sp³-hybridized carbons (Fsp3) is 0.400. The zero-order valence-corrected chi connectivity index (χ0v) is 10.3. The predicted molar refractivity (Wildman–Crippen MR) is 68.3 cm³/mol. The molecule has 0 saturated carbocycles. The second-order valence-corrected chi connectivity index (χ2v) is 5.29. The van der Waals surface area contributed by atoms with E-state index in [0.29, 0.717) is 0 Å². The highest BCUT2D eigenvalue weighted by molar-refractivity contribution is 7.80. The Hall–Kier alpha value is -1.14. The number of carbonyl (C=O) groups is 1. The molecule has 0 aliphatic heterocycles. The van der Waals surface area contributed by atoms with Crippen molar-refractivity contribution >= 4 is 34.6 Å². The third-order valence-corrected chi connectivity index (χ3v) is 3.86. The maximum atomic E-state index is 11.7. The van der Waals surface area contributed by atoms with Crippen LogP contribution in [0.25, 0.3) is 0 Å². The van der Waals surface area contributed by atoms with E-state index in [4.69, 9.17) is 5.73 Å². The summed E-state index contributed by atoms with van der Waals surface area (Å²) in [5.41, 5.74) is 11.4. The third kappa shape index (κ3) is 2.51. The first kappa shape index (κ1) is 11.3. The van der Waals surface area contributed by atoms with Gasteiger partial charge in [-0.2, -0.15) is 0 Å². The Labute approximate surface area is 103 Å². The summed E-state index contributed by atoms with van der Waals surface area (Å²) < 4.78 is 0. The van der Waals surface area contributed by atoms with E-state index in [1.165, 1.54) is 23.3 Å². The second-order valence-electron chi connectivity index (χ2n) is 3.71. The van der Waals surface area contributed by atoms with Crippen molar-refractivity contribution in [3.8, 4) is 0 Å². The maximum absolute atomic E-state index is 11.7. The van der Waals surface area contributed by atoms with Crippen LogP contribution < -0.4 is 16.6 Å². The lowest BCUT2D eigenvalue weighted by Crippen LogP contribution is -2.44. The summed E-state index contributed by atoms with van der Waals surface area (Å²) >= 11 is 6.16. The number of hydrogen-bond acceptors (Lipinski definition) is 3. The quantitative estimate of drug-likeness (QED) is 0.519. The standard InChI is InChI=1S/C10H13N3OS2/c11-10(15)13-12-9(14)8-5-6-3-1-2-4-7(6)16-8/h5H,1-4H2,(H,12,14)(H3,11,13,15). The van der Waals surface area contributed by atoms with Crippen LogP contribution in [0.2, 0.25) is 0 Å². The number of hydrogen-bond donors (Lipinski definition) is 3. The highest BCUT2D eigenvalue weighted by atomic mass is 32.1. The number of thiocarbonyl (C=S) groups is 1. The van der Waals surface area contributed by atoms with Gasteiger partial charge in [0, 0.05) is 4.88 Å². The molecule has 1 aromatic heterocycles. The Kier molecular flexibility index (Phi) is 3.40. The largest absolute Gasteiger partial charge is 0.375 e. The molecule has 0 atom stereocenters. The lowest BCUT2D eigenvalue weighted by atomic mass is 9.99. The molecule has 1 aromatic rings. The van der Waals surface area contributed by atoms with E-state index in [1.807, 2.05) is 6.07 Å². The molecule has 1 aliphatic rings. The first-order valence-electron chi connectivity index (χ1n) is 5.14. The van der Waals surface area contributed by atoms with Crippen LogP contribution in [0.15, 0.2) is 6.07 Å². The molecule has 6 heteroatoms. The Morgan fingerprint density at radius 1 is 1.38 bits per heavy atom. The van der Waals surface area contributed by atoms with Crippen LogP contribution >= 0.6 is 23.6 Å². The molecule has 0 spiro atoms. The van der Waals surface area contributed by atoms with Gasteiger partial charge in [0.2, 0.25) is 0 Å². The van der Waals surface area contributed by atoms with E-state index in [0.717, 1.165) is 17.7 Å². The fourth-order valence-corrected chi connectivity index (χ4v) is 2.98. The van der Waals surface area contributed by atoms with Gasteiger partial charge in [-0.05, 0) is 49.5 Å². The minimum Gasteiger partial charge on any atom is -0.375 e. The Bertz CT molecular complexity index is 404. The molecule has 0 radical (unpaired) electrons. The molecule has 86 valence electrons. The molecule has 16 heavy (non-hydrogen) atoms. The summed E-state index contributed by atoms with van der Waals surface area (Å²) in [4.78, 5) is 13.7. The van der Waals surface area contributed by atoms with Gasteiger partial charge in [-0.3, -0.25) is 15.6 Å². The van der Waals surface area contributed by atoms with Gasteiger partial charge < -0.3 is 5.73 Å². The smallest absolute Gasteiger partial charge is 0.279 e. The van der Waals surface area contributed by atoms with Crippen LogP contribution in [0.4, 0.5) is 0 Å². The fourth-order valence-electron chi connectivity index (χ4n) is 1.78. The Balaban J connectivity index is 2.06. The van der Waals surface area contributed by atoms with E-state index in [9.17, 15) is 4.79 Å². The number of amides is 1. The minimum absolute atomic E-state index is 0.0645. The summed E-state index contributed by atoms with van der Waals surface area (Å²) in [6.07, 6.45) is 4.62. The molecule has 4 nitrogen and oxygen atoms in total. The average molecular weight is 255 g/mol. The lowest BCUT2D eigenvalue weighted by molar-refractivity contribution is 0.0948. The van der Waals surface area contributed by atoms with Crippen molar-refractivity contribution in [3.05, 3.63) is 21.4 Å². The zero-order valence-electron chi connectivity index (χ0n) is 8.71. The van der Waals surface area contributed by atoms with Crippen LogP contribution in [0, 0.1) is 0 Å². The first-order valence-corrected chi connectivity index (χ1v) is 6.36. The van der Waals surface area contributed by atoms with Crippen molar-refractivity contribution in [2.45, 2.75) is 25.7 Å². The van der Waals surface area contributed by atoms with Crippen LogP contribution in [0.3, 0.4) is 0 Å². The molecule has 0 fully saturated rings. The van der Waals surface area contributed by atoms with Crippen LogP contribution in [-0.2, 0) is 12.8 Å². The van der Waals surface area contributed by atoms with Gasteiger partial charge in [0.15, 0.2) is 5.11 Å². The SMILES string of the molecule is NC(=S)NNC(=O)c1cc2c(s1)CCCC2. The normalized spacial score (nSPS) is 14.0. The molecule has 0 saturated heterocycles. The van der Waals surface area contributed by atoms with Crippen molar-refractivity contribution in [3.63, 3.8) is 0 Å². The molecule has 2 rings (SSSR count). The highest BCUT2D eigenvalue weighted by Gasteiger charge is 2.16. The number of carbonyl (C=O) groups excluding carboxylic acids is 1. The van der Waals surface area contributed by atoms with E-state index in [-0.39, 0.29) is 11.0 Å². The Morgan fingerprint density at radius 2 is 2.12 bits per heavy atom. The summed E-state index contributed by atoms with van der Waals surface area (Å²) in [5.74, 6) is -0.174. The molecule has 4 N–H and O–H groups in total. The number of aryl methyl sites for hydroxylation is 2. The van der Waals surface area contributed by atoms with Gasteiger partial charge in [-0.15, -0.1) is 11.3 Å². The number of rotatable bonds is 1. The monoisotopic (exact) mass is 255 g/mol. The van der Waals surface area contributed by atoms with Gasteiger partial charge in [0.05, 0.1) is 4.88 Å². The van der Waals surface area contributed by atoms with Gasteiger partial charge in [-0.1, -0.05) is 0 Å². The van der Waals surface area contributed by atoms with Gasteiger partial charge >= 0.3 is 0 Å². The maximum Gasteiger partial charge on any atom is 0.279 e. The van der Waals surface area contributed by atoms with E-state index in [1.54, 1.807) is 11.3 Å². The number of fused-ring (bicyclic) bond motifs is 1. The predicted octanol–water partition coefficient (Wildman–Crippen LogP) is 1.10. The summed E-state index contributed by atoms with van der Waals surface area (Å²) in [6, 6.07) is 1.97. The van der Waals surface area contributed by atoms with Crippen molar-refractivity contribution in [2.75, 3.05) is 0 Å². The molecular weight excluding hydrogens is 242 g/mol. The molecule has 0 aromatic carbocycles. The second kappa shape index (κ2) is 4.80. The van der Waals surface area contributed by atoms with Crippen molar-refractivity contribution in [1.82, 2.24) is 10.9 Å².